The fraction of sp³-hybridized carbons (Fsp3) is 0.400. The molecular formula is C5H6O4. The highest BCUT2D eigenvalue weighted by Gasteiger charge is 2.06. The van der Waals surface area contributed by atoms with Gasteiger partial charge in [-0.1, -0.05) is 0 Å². The summed E-state index contributed by atoms with van der Waals surface area (Å²) in [5.74, 6) is -2.03. The summed E-state index contributed by atoms with van der Waals surface area (Å²) in [5, 5.41) is 7.97. The molecule has 0 rings (SSSR count). The highest BCUT2D eigenvalue weighted by atomic mass is 16.5. The van der Waals surface area contributed by atoms with Crippen molar-refractivity contribution in [2.24, 2.45) is 0 Å². The molecular weight excluding hydrogens is 124 g/mol. The van der Waals surface area contributed by atoms with Crippen molar-refractivity contribution in [2.45, 2.75) is 6.42 Å². The molecule has 0 aromatic heterocycles. The molecule has 4 heteroatoms. The predicted octanol–water partition coefficient (Wildman–Crippen LogP) is -0.285. The molecule has 0 bridgehead atoms. The lowest BCUT2D eigenvalue weighted by Gasteiger charge is -1.95. The molecule has 0 saturated carbocycles. The highest BCUT2D eigenvalue weighted by molar-refractivity contribution is 5.90. The Labute approximate surface area is 52.4 Å². The lowest BCUT2D eigenvalue weighted by molar-refractivity contribution is -0.150. The topological polar surface area (TPSA) is 63.6 Å². The molecule has 4 nitrogen and oxygen atoms in total. The first-order chi connectivity index (χ1) is 4.16. The van der Waals surface area contributed by atoms with Gasteiger partial charge in [-0.25, -0.2) is 0 Å². The van der Waals surface area contributed by atoms with Gasteiger partial charge < -0.3 is 9.84 Å². The van der Waals surface area contributed by atoms with Crippen molar-refractivity contribution < 1.29 is 19.4 Å². The summed E-state index contributed by atoms with van der Waals surface area (Å²) in [6, 6.07) is 0. The van der Waals surface area contributed by atoms with E-state index in [1.54, 1.807) is 0 Å². The number of ether oxygens (including phenoxy) is 1. The van der Waals surface area contributed by atoms with Crippen LogP contribution >= 0.6 is 0 Å². The summed E-state index contributed by atoms with van der Waals surface area (Å²) in [7, 11) is 0. The molecule has 0 atom stereocenters. The van der Waals surface area contributed by atoms with E-state index in [1.165, 1.54) is 0 Å². The van der Waals surface area contributed by atoms with Gasteiger partial charge in [0.1, 0.15) is 6.42 Å². The first kappa shape index (κ1) is 7.94. The molecule has 0 spiro atoms. The van der Waals surface area contributed by atoms with Crippen LogP contribution in [-0.4, -0.2) is 23.7 Å². The second kappa shape index (κ2) is 3.88. The van der Waals surface area contributed by atoms with Gasteiger partial charge in [-0.3, -0.25) is 9.59 Å². The van der Waals surface area contributed by atoms with Crippen LogP contribution in [0.5, 0.6) is 0 Å². The number of hydrogen-bond donors (Lipinski definition) is 1. The standard InChI is InChI=1S/C5H6O4/c1-2-9-5(8)3-4(6)7/h1H,2-3H2,(H,6,7). The van der Waals surface area contributed by atoms with E-state index >= 15 is 0 Å². The van der Waals surface area contributed by atoms with E-state index in [9.17, 15) is 9.59 Å². The molecule has 1 N–H and O–H groups in total. The zero-order chi connectivity index (χ0) is 7.28. The Kier molecular flexibility index (Phi) is 3.43. The maximum atomic E-state index is 10.2. The van der Waals surface area contributed by atoms with Crippen molar-refractivity contribution in [3.05, 3.63) is 6.92 Å². The zero-order valence-electron chi connectivity index (χ0n) is 4.66. The molecule has 0 unspecified atom stereocenters. The van der Waals surface area contributed by atoms with E-state index in [0.29, 0.717) is 0 Å². The Balaban J connectivity index is 3.39. The van der Waals surface area contributed by atoms with Crippen LogP contribution in [0.3, 0.4) is 0 Å². The Bertz CT molecular complexity index is 118. The van der Waals surface area contributed by atoms with Crippen molar-refractivity contribution in [1.82, 2.24) is 0 Å². The number of hydrogen-bond acceptors (Lipinski definition) is 3. The van der Waals surface area contributed by atoms with Gasteiger partial charge in [-0.15, -0.1) is 0 Å². The van der Waals surface area contributed by atoms with Crippen molar-refractivity contribution in [2.75, 3.05) is 6.61 Å². The van der Waals surface area contributed by atoms with Gasteiger partial charge in [-0.2, -0.15) is 0 Å². The molecule has 2 radical (unpaired) electrons. The first-order valence-corrected chi connectivity index (χ1v) is 2.24. The van der Waals surface area contributed by atoms with E-state index in [2.05, 4.69) is 4.74 Å². The zero-order valence-corrected chi connectivity index (χ0v) is 4.66. The van der Waals surface area contributed by atoms with Gasteiger partial charge in [0.15, 0.2) is 0 Å². The fourth-order valence-corrected chi connectivity index (χ4v) is 0.267. The van der Waals surface area contributed by atoms with Crippen molar-refractivity contribution in [3.8, 4) is 0 Å². The van der Waals surface area contributed by atoms with Gasteiger partial charge in [0.2, 0.25) is 0 Å². The Morgan fingerprint density at radius 2 is 2.11 bits per heavy atom. The lowest BCUT2D eigenvalue weighted by Crippen LogP contribution is -2.09. The molecule has 0 aliphatic carbocycles. The molecule has 0 aromatic carbocycles. The molecule has 0 heterocycles. The third-order valence-electron chi connectivity index (χ3n) is 0.540. The first-order valence-electron chi connectivity index (χ1n) is 2.24. The van der Waals surface area contributed by atoms with Crippen LogP contribution in [0.2, 0.25) is 0 Å². The second-order valence-electron chi connectivity index (χ2n) is 1.25. The maximum Gasteiger partial charge on any atom is 0.317 e. The van der Waals surface area contributed by atoms with Crippen molar-refractivity contribution in [1.29, 1.82) is 0 Å². The predicted molar refractivity (Wildman–Crippen MR) is 27.5 cm³/mol. The monoisotopic (exact) mass is 130 g/mol. The molecule has 0 fully saturated rings. The normalized spacial score (nSPS) is 8.56. The highest BCUT2D eigenvalue weighted by Crippen LogP contribution is 1.84. The third kappa shape index (κ3) is 4.80. The van der Waals surface area contributed by atoms with E-state index in [-0.39, 0.29) is 6.61 Å². The third-order valence-corrected chi connectivity index (χ3v) is 0.540. The van der Waals surface area contributed by atoms with Crippen LogP contribution < -0.4 is 0 Å². The number of carboxylic acids is 1. The molecule has 50 valence electrons. The van der Waals surface area contributed by atoms with Crippen LogP contribution in [0.25, 0.3) is 0 Å². The summed E-state index contributed by atoms with van der Waals surface area (Å²) in [6.45, 7) is 4.50. The summed E-state index contributed by atoms with van der Waals surface area (Å²) in [6.07, 6.45) is -0.628. The molecule has 0 aliphatic heterocycles. The van der Waals surface area contributed by atoms with Gasteiger partial charge in [0.25, 0.3) is 0 Å². The molecule has 9 heavy (non-hydrogen) atoms. The lowest BCUT2D eigenvalue weighted by atomic mass is 10.4. The number of carboxylic acid groups (broad SMARTS) is 1. The quantitative estimate of drug-likeness (QED) is 0.421. The van der Waals surface area contributed by atoms with E-state index in [0.717, 1.165) is 0 Å². The van der Waals surface area contributed by atoms with Crippen LogP contribution in [0, 0.1) is 6.92 Å². The molecule has 0 aliphatic rings. The van der Waals surface area contributed by atoms with E-state index in [4.69, 9.17) is 12.0 Å². The Morgan fingerprint density at radius 3 is 2.44 bits per heavy atom. The minimum Gasteiger partial charge on any atom is -0.481 e. The summed E-state index contributed by atoms with van der Waals surface area (Å²) >= 11 is 0. The average Bonchev–Trinajstić information content (AvgIpc) is 1.63. The number of rotatable bonds is 3. The van der Waals surface area contributed by atoms with Crippen LogP contribution in [0.4, 0.5) is 0 Å². The van der Waals surface area contributed by atoms with Crippen LogP contribution in [-0.2, 0) is 14.3 Å². The summed E-state index contributed by atoms with van der Waals surface area (Å²) < 4.78 is 4.11. The number of carbonyl (C=O) groups excluding carboxylic acids is 1. The minimum atomic E-state index is -1.21. The molecule has 0 amide bonds. The van der Waals surface area contributed by atoms with Gasteiger partial charge in [0, 0.05) is 6.92 Å². The molecule has 0 aromatic rings. The SMILES string of the molecule is [CH]COC(=O)CC(=O)O. The largest absolute Gasteiger partial charge is 0.481 e. The minimum absolute atomic E-state index is 0.272. The number of esters is 1. The number of aliphatic carboxylic acids is 1. The summed E-state index contributed by atoms with van der Waals surface area (Å²) in [4.78, 5) is 19.9. The fourth-order valence-electron chi connectivity index (χ4n) is 0.267. The van der Waals surface area contributed by atoms with Crippen LogP contribution in [0.1, 0.15) is 6.42 Å². The van der Waals surface area contributed by atoms with Crippen LogP contribution in [0.15, 0.2) is 0 Å². The van der Waals surface area contributed by atoms with Gasteiger partial charge >= 0.3 is 11.9 Å². The van der Waals surface area contributed by atoms with Crippen molar-refractivity contribution >= 4 is 11.9 Å². The smallest absolute Gasteiger partial charge is 0.317 e. The Hall–Kier alpha value is -1.06. The number of carbonyl (C=O) groups is 2. The Morgan fingerprint density at radius 1 is 1.56 bits per heavy atom. The summed E-state index contributed by atoms with van der Waals surface area (Å²) in [5.41, 5.74) is 0. The van der Waals surface area contributed by atoms with Crippen molar-refractivity contribution in [3.63, 3.8) is 0 Å². The molecule has 0 saturated heterocycles. The average molecular weight is 130 g/mol. The second-order valence-corrected chi connectivity index (χ2v) is 1.25. The van der Waals surface area contributed by atoms with E-state index < -0.39 is 18.4 Å². The maximum absolute atomic E-state index is 10.2. The van der Waals surface area contributed by atoms with Gasteiger partial charge in [0.05, 0.1) is 6.61 Å². The van der Waals surface area contributed by atoms with E-state index in [1.807, 2.05) is 0 Å². The van der Waals surface area contributed by atoms with Gasteiger partial charge in [-0.05, 0) is 0 Å².